The molecule has 0 aromatic heterocycles. The molecule has 4 fully saturated rings. The molecule has 2 unspecified atom stereocenters. The molecule has 0 bridgehead atoms. The zero-order chi connectivity index (χ0) is 38.7. The van der Waals surface area contributed by atoms with Crippen molar-refractivity contribution in [2.24, 2.45) is 28.6 Å². The van der Waals surface area contributed by atoms with Crippen molar-refractivity contribution in [3.63, 3.8) is 0 Å². The van der Waals surface area contributed by atoms with Crippen LogP contribution < -0.4 is 0 Å². The van der Waals surface area contributed by atoms with Gasteiger partial charge in [-0.25, -0.2) is 4.79 Å². The highest BCUT2D eigenvalue weighted by atomic mass is 32.2. The van der Waals surface area contributed by atoms with Crippen molar-refractivity contribution in [2.45, 2.75) is 153 Å². The molecule has 1 spiro atoms. The number of nitrogens with zero attached hydrogens (tertiary/aromatic N) is 1. The van der Waals surface area contributed by atoms with Gasteiger partial charge in [0.1, 0.15) is 11.5 Å². The predicted octanol–water partition coefficient (Wildman–Crippen LogP) is 10.2. The van der Waals surface area contributed by atoms with Crippen molar-refractivity contribution in [1.29, 1.82) is 0 Å². The molecule has 2 heterocycles. The van der Waals surface area contributed by atoms with Crippen LogP contribution in [-0.4, -0.2) is 81.8 Å². The van der Waals surface area contributed by atoms with Crippen LogP contribution in [0.2, 0.25) is 0 Å². The van der Waals surface area contributed by atoms with Crippen LogP contribution in [-0.2, 0) is 22.3 Å². The van der Waals surface area contributed by atoms with Crippen LogP contribution in [0.5, 0.6) is 0 Å². The lowest BCUT2D eigenvalue weighted by Gasteiger charge is -2.53. The summed E-state index contributed by atoms with van der Waals surface area (Å²) in [6.45, 7) is 4.91. The molecular formula is C42H62F5NO5S. The molecule has 1 amide bonds. The Bertz CT molecular complexity index is 1410. The molecule has 3 aliphatic carbocycles. The van der Waals surface area contributed by atoms with Crippen LogP contribution >= 0.6 is 0 Å². The van der Waals surface area contributed by atoms with E-state index in [1.165, 1.54) is 23.1 Å². The Morgan fingerprint density at radius 1 is 0.944 bits per heavy atom. The average Bonchev–Trinajstić information content (AvgIpc) is 3.43. The van der Waals surface area contributed by atoms with E-state index in [0.717, 1.165) is 96.5 Å². The van der Waals surface area contributed by atoms with Crippen LogP contribution in [0, 0.1) is 28.6 Å². The van der Waals surface area contributed by atoms with Gasteiger partial charge in [0, 0.05) is 32.0 Å². The first kappa shape index (κ1) is 42.0. The maximum Gasteiger partial charge on any atom is 0.453 e. The summed E-state index contributed by atoms with van der Waals surface area (Å²) in [6, 6.07) is 7.27. The minimum Gasteiger partial charge on any atom is -0.616 e. The first-order valence-corrected chi connectivity index (χ1v) is 22.3. The zero-order valence-corrected chi connectivity index (χ0v) is 32.8. The molecule has 54 heavy (non-hydrogen) atoms. The molecule has 2 aliphatic heterocycles. The first-order valence-electron chi connectivity index (χ1n) is 20.8. The van der Waals surface area contributed by atoms with Gasteiger partial charge in [0.2, 0.25) is 0 Å². The second-order valence-corrected chi connectivity index (χ2v) is 19.5. The number of carboxylic acid groups (broad SMARTS) is 1. The summed E-state index contributed by atoms with van der Waals surface area (Å²) in [4.78, 5) is 13.2. The minimum absolute atomic E-state index is 0.00862. The summed E-state index contributed by atoms with van der Waals surface area (Å²) in [7, 11) is 0. The van der Waals surface area contributed by atoms with E-state index in [-0.39, 0.29) is 28.6 Å². The van der Waals surface area contributed by atoms with Gasteiger partial charge in [-0.15, -0.1) is 0 Å². The fourth-order valence-electron chi connectivity index (χ4n) is 11.6. The van der Waals surface area contributed by atoms with Gasteiger partial charge in [0.15, 0.2) is 0 Å². The van der Waals surface area contributed by atoms with Crippen molar-refractivity contribution >= 4 is 17.3 Å². The second kappa shape index (κ2) is 17.5. The zero-order valence-electron chi connectivity index (χ0n) is 32.0. The molecule has 1 aromatic carbocycles. The highest BCUT2D eigenvalue weighted by molar-refractivity contribution is 7.91. The number of benzene rings is 1. The number of fused-ring (bicyclic) bond motifs is 5. The topological polar surface area (TPSA) is 93.1 Å². The Morgan fingerprint density at radius 2 is 1.63 bits per heavy atom. The number of piperidine rings is 1. The Labute approximate surface area is 321 Å². The third-order valence-corrected chi connectivity index (χ3v) is 16.3. The average molecular weight is 788 g/mol. The lowest BCUT2D eigenvalue weighted by atomic mass is 9.52. The number of rotatable bonds is 15. The third kappa shape index (κ3) is 9.07. The maximum absolute atomic E-state index is 13.1. The van der Waals surface area contributed by atoms with Gasteiger partial charge in [0.25, 0.3) is 0 Å². The number of hydrogen-bond donors (Lipinski definition) is 2. The first-order chi connectivity index (χ1) is 25.7. The van der Waals surface area contributed by atoms with Gasteiger partial charge in [-0.05, 0) is 128 Å². The Kier molecular flexibility index (Phi) is 13.6. The molecule has 8 atom stereocenters. The highest BCUT2D eigenvalue weighted by Crippen LogP contribution is 2.63. The van der Waals surface area contributed by atoms with Crippen LogP contribution in [0.25, 0.3) is 0 Å². The smallest absolute Gasteiger partial charge is 0.453 e. The van der Waals surface area contributed by atoms with Crippen LogP contribution in [0.4, 0.5) is 26.7 Å². The van der Waals surface area contributed by atoms with Gasteiger partial charge >= 0.3 is 18.2 Å². The Hall–Kier alpha value is -1.63. The number of aliphatic hydroxyl groups excluding tert-OH is 1. The molecule has 0 radical (unpaired) electrons. The molecule has 12 heteroatoms. The van der Waals surface area contributed by atoms with Gasteiger partial charge in [0.05, 0.1) is 12.7 Å². The number of amides is 1. The summed E-state index contributed by atoms with van der Waals surface area (Å²) >= 11 is -1.37. The number of ether oxygens (including phenoxy) is 1. The van der Waals surface area contributed by atoms with E-state index in [0.29, 0.717) is 55.5 Å². The number of aliphatic hydroxyl groups is 1. The van der Waals surface area contributed by atoms with E-state index in [1.807, 2.05) is 0 Å². The van der Waals surface area contributed by atoms with Gasteiger partial charge in [-0.2, -0.15) is 22.0 Å². The van der Waals surface area contributed by atoms with Gasteiger partial charge in [-0.1, -0.05) is 68.4 Å². The third-order valence-electron chi connectivity index (χ3n) is 14.8. The molecule has 2 N–H and O–H groups in total. The van der Waals surface area contributed by atoms with E-state index in [4.69, 9.17) is 4.74 Å². The van der Waals surface area contributed by atoms with Crippen LogP contribution in [0.1, 0.15) is 145 Å². The van der Waals surface area contributed by atoms with Crippen molar-refractivity contribution in [3.05, 3.63) is 34.9 Å². The SMILES string of the molecule is C[C@]12CC[C@@H]3c4ccc(C5COCCC56CCN(C(=O)O)CC6)cc4C[C@@H](CCCCCCCCC[S+]([O-])CCCC(F)(F)C(F)(F)F)[C@H]3[C@@H]1CC[C@@H]2O. The molecule has 2 saturated heterocycles. The molecule has 5 aliphatic rings. The van der Waals surface area contributed by atoms with Gasteiger partial charge in [-0.3, -0.25) is 0 Å². The van der Waals surface area contributed by atoms with E-state index >= 15 is 0 Å². The highest BCUT2D eigenvalue weighted by Gasteiger charge is 2.58. The molecular weight excluding hydrogens is 726 g/mol. The molecule has 6 nitrogen and oxygen atoms in total. The quantitative estimate of drug-likeness (QED) is 0.105. The van der Waals surface area contributed by atoms with E-state index in [2.05, 4.69) is 25.1 Å². The largest absolute Gasteiger partial charge is 0.616 e. The van der Waals surface area contributed by atoms with E-state index < -0.39 is 42.2 Å². The molecule has 306 valence electrons. The number of hydrogen-bond acceptors (Lipinski definition) is 4. The summed E-state index contributed by atoms with van der Waals surface area (Å²) in [5.41, 5.74) is 4.40. The predicted molar refractivity (Wildman–Crippen MR) is 200 cm³/mol. The molecule has 6 rings (SSSR count). The monoisotopic (exact) mass is 787 g/mol. The molecule has 1 aromatic rings. The fraction of sp³-hybridized carbons (Fsp3) is 0.833. The summed E-state index contributed by atoms with van der Waals surface area (Å²) in [6.07, 6.45) is 7.83. The minimum atomic E-state index is -5.56. The van der Waals surface area contributed by atoms with Crippen molar-refractivity contribution in [2.75, 3.05) is 37.8 Å². The Morgan fingerprint density at radius 3 is 2.33 bits per heavy atom. The summed E-state index contributed by atoms with van der Waals surface area (Å²) in [5.74, 6) is -2.05. The summed E-state index contributed by atoms with van der Waals surface area (Å²) in [5, 5.41) is 20.7. The lowest BCUT2D eigenvalue weighted by Crippen LogP contribution is -2.48. The van der Waals surface area contributed by atoms with Crippen molar-refractivity contribution in [3.8, 4) is 0 Å². The van der Waals surface area contributed by atoms with E-state index in [9.17, 15) is 41.5 Å². The van der Waals surface area contributed by atoms with E-state index in [1.54, 1.807) is 4.90 Å². The maximum atomic E-state index is 13.1. The number of unbranched alkanes of at least 4 members (excludes halogenated alkanes) is 6. The molecule has 2 saturated carbocycles. The van der Waals surface area contributed by atoms with Crippen LogP contribution in [0.3, 0.4) is 0 Å². The van der Waals surface area contributed by atoms with Crippen molar-refractivity contribution in [1.82, 2.24) is 4.90 Å². The normalized spacial score (nSPS) is 31.5. The Balaban J connectivity index is 1.02. The number of alkyl halides is 5. The lowest BCUT2D eigenvalue weighted by molar-refractivity contribution is -0.284. The standard InChI is InChI=1S/C42H62F5NO5S/c1-39-17-15-33-32-12-11-29(35-28-53-23-20-40(35)18-21-48(22-19-40)38(50)51)26-31(32)27-30(37(33)34(39)13-14-36(39)49)10-7-5-3-2-4-6-8-24-54(52)25-9-16-41(43,44)42(45,46)47/h11-12,26,30,33-37,49H,2-10,13-25,27-28H2,1H3,(H,50,51)/t30-,33-,34+,35?,36+,37-,39+,54?/m1/s1. The summed E-state index contributed by atoms with van der Waals surface area (Å²) < 4.78 is 81.4. The number of likely N-dealkylation sites (tertiary alicyclic amines) is 1. The number of halogens is 5. The van der Waals surface area contributed by atoms with Crippen LogP contribution in [0.15, 0.2) is 18.2 Å². The fourth-order valence-corrected chi connectivity index (χ4v) is 12.7. The second-order valence-electron chi connectivity index (χ2n) is 17.8. The number of carbonyl (C=O) groups is 1. The van der Waals surface area contributed by atoms with Crippen molar-refractivity contribution < 1.29 is 46.2 Å². The van der Waals surface area contributed by atoms with Gasteiger partial charge < -0.3 is 24.4 Å².